The summed E-state index contributed by atoms with van der Waals surface area (Å²) in [7, 11) is -2.42. The van der Waals surface area contributed by atoms with Gasteiger partial charge in [-0.2, -0.15) is 8.42 Å². The summed E-state index contributed by atoms with van der Waals surface area (Å²) in [6.07, 6.45) is 2.53. The van der Waals surface area contributed by atoms with Crippen LogP contribution in [0.25, 0.3) is 6.08 Å². The second-order valence-electron chi connectivity index (χ2n) is 6.17. The Morgan fingerprint density at radius 3 is 2.45 bits per heavy atom. The number of rotatable bonds is 5. The Balaban J connectivity index is 1.96. The van der Waals surface area contributed by atoms with Crippen molar-refractivity contribution in [1.82, 2.24) is 0 Å². The molecule has 6 nitrogen and oxygen atoms in total. The minimum absolute atomic E-state index is 0.0371. The first-order valence-corrected chi connectivity index (χ1v) is 11.6. The zero-order valence-corrected chi connectivity index (χ0v) is 18.8. The first kappa shape index (κ1) is 21.6. The van der Waals surface area contributed by atoms with Crippen molar-refractivity contribution in [1.29, 1.82) is 0 Å². The number of hydrogen-bond acceptors (Lipinski definition) is 7. The third-order valence-corrected chi connectivity index (χ3v) is 5.92. The fourth-order valence-corrected chi connectivity index (χ4v) is 4.67. The lowest BCUT2D eigenvalue weighted by Gasteiger charge is -2.14. The Morgan fingerprint density at radius 2 is 1.86 bits per heavy atom. The summed E-state index contributed by atoms with van der Waals surface area (Å²) in [6, 6.07) is 10.5. The molecule has 1 amide bonds. The normalized spacial score (nSPS) is 15.9. The molecule has 1 saturated heterocycles. The molecule has 0 atom stereocenters. The molecule has 0 unspecified atom stereocenters. The van der Waals surface area contributed by atoms with Crippen LogP contribution in [0.5, 0.6) is 11.5 Å². The third kappa shape index (κ3) is 4.92. The number of hydrogen-bond donors (Lipinski definition) is 0. The smallest absolute Gasteiger partial charge is 0.306 e. The second kappa shape index (κ2) is 8.35. The average molecular weight is 470 g/mol. The van der Waals surface area contributed by atoms with Crippen molar-refractivity contribution in [3.63, 3.8) is 0 Å². The van der Waals surface area contributed by atoms with Gasteiger partial charge in [0.05, 0.1) is 29.0 Å². The van der Waals surface area contributed by atoms with Crippen molar-refractivity contribution in [2.45, 2.75) is 6.92 Å². The number of benzene rings is 2. The first-order valence-electron chi connectivity index (χ1n) is 8.20. The lowest BCUT2D eigenvalue weighted by molar-refractivity contribution is -0.113. The van der Waals surface area contributed by atoms with Gasteiger partial charge >= 0.3 is 10.1 Å². The topological polar surface area (TPSA) is 72.9 Å². The number of carbonyl (C=O) groups is 1. The number of methoxy groups -OCH3 is 1. The van der Waals surface area contributed by atoms with Gasteiger partial charge in [-0.15, -0.1) is 0 Å². The summed E-state index contributed by atoms with van der Waals surface area (Å²) in [5.74, 6) is -0.236. The maximum Gasteiger partial charge on any atom is 0.306 e. The molecule has 0 aromatic heterocycles. The van der Waals surface area contributed by atoms with Gasteiger partial charge in [-0.25, -0.2) is 0 Å². The monoisotopic (exact) mass is 469 g/mol. The van der Waals surface area contributed by atoms with Crippen LogP contribution in [-0.4, -0.2) is 32.0 Å². The van der Waals surface area contributed by atoms with Gasteiger partial charge in [-0.3, -0.25) is 9.69 Å². The van der Waals surface area contributed by atoms with Gasteiger partial charge < -0.3 is 8.92 Å². The molecule has 0 radical (unpaired) electrons. The maximum absolute atomic E-state index is 12.9. The minimum atomic E-state index is -3.79. The summed E-state index contributed by atoms with van der Waals surface area (Å²) in [5, 5.41) is 0.0371. The zero-order chi connectivity index (χ0) is 21.3. The van der Waals surface area contributed by atoms with Crippen molar-refractivity contribution in [2.75, 3.05) is 18.3 Å². The molecule has 29 heavy (non-hydrogen) atoms. The number of ether oxygens (including phenoxy) is 1. The van der Waals surface area contributed by atoms with Gasteiger partial charge in [0.15, 0.2) is 10.1 Å². The highest BCUT2D eigenvalue weighted by atomic mass is 35.5. The maximum atomic E-state index is 12.9. The number of aryl methyl sites for hydroxylation is 1. The standard InChI is InChI=1S/C19H16ClNO5S3/c1-11-4-6-13(7-5-11)21-18(22)16(28-19(21)27)10-12-8-14(20)17(15(9-12)25-2)26-29(3,23)24/h4-10H,1-3H3/b16-10-. The van der Waals surface area contributed by atoms with E-state index in [1.54, 1.807) is 6.08 Å². The number of thiocarbonyl (C=S) groups is 1. The Labute approximate surface area is 183 Å². The lowest BCUT2D eigenvalue weighted by atomic mass is 10.1. The molecule has 1 aliphatic heterocycles. The van der Waals surface area contributed by atoms with Crippen LogP contribution in [0, 0.1) is 6.92 Å². The number of anilines is 1. The van der Waals surface area contributed by atoms with E-state index in [1.165, 1.54) is 35.9 Å². The highest BCUT2D eigenvalue weighted by Gasteiger charge is 2.33. The van der Waals surface area contributed by atoms with Gasteiger partial charge in [0.25, 0.3) is 5.91 Å². The quantitative estimate of drug-likeness (QED) is 0.365. The van der Waals surface area contributed by atoms with Gasteiger partial charge in [-0.05, 0) is 42.8 Å². The van der Waals surface area contributed by atoms with Crippen molar-refractivity contribution in [2.24, 2.45) is 0 Å². The Hall–Kier alpha value is -2.07. The molecular formula is C19H16ClNO5S3. The second-order valence-corrected chi connectivity index (χ2v) is 9.83. The average Bonchev–Trinajstić information content (AvgIpc) is 2.90. The number of amides is 1. The van der Waals surface area contributed by atoms with Crippen molar-refractivity contribution >= 4 is 67.7 Å². The molecule has 10 heteroatoms. The van der Waals surface area contributed by atoms with Crippen LogP contribution in [0.3, 0.4) is 0 Å². The van der Waals surface area contributed by atoms with E-state index < -0.39 is 10.1 Å². The van der Waals surface area contributed by atoms with E-state index in [9.17, 15) is 13.2 Å². The summed E-state index contributed by atoms with van der Waals surface area (Å²) < 4.78 is 33.4. The Morgan fingerprint density at radius 1 is 1.21 bits per heavy atom. The zero-order valence-electron chi connectivity index (χ0n) is 15.6. The third-order valence-electron chi connectivity index (χ3n) is 3.87. The van der Waals surface area contributed by atoms with Crippen LogP contribution in [0.15, 0.2) is 41.3 Å². The molecule has 3 rings (SSSR count). The minimum Gasteiger partial charge on any atom is -0.493 e. The fourth-order valence-electron chi connectivity index (χ4n) is 2.59. The van der Waals surface area contributed by atoms with Crippen LogP contribution in [-0.2, 0) is 14.9 Å². The molecule has 1 heterocycles. The summed E-state index contributed by atoms with van der Waals surface area (Å²) in [4.78, 5) is 14.8. The Bertz CT molecular complexity index is 1130. The molecule has 2 aromatic carbocycles. The SMILES string of the molecule is COc1cc(/C=C2\SC(=S)N(c3ccc(C)cc3)C2=O)cc(Cl)c1OS(C)(=O)=O. The molecule has 0 saturated carbocycles. The van der Waals surface area contributed by atoms with Crippen LogP contribution in [0.4, 0.5) is 5.69 Å². The summed E-state index contributed by atoms with van der Waals surface area (Å²) >= 11 is 12.7. The van der Waals surface area contributed by atoms with E-state index in [0.717, 1.165) is 11.8 Å². The van der Waals surface area contributed by atoms with Crippen LogP contribution in [0.2, 0.25) is 5.02 Å². The number of nitrogens with zero attached hydrogens (tertiary/aromatic N) is 1. The molecule has 1 aliphatic rings. The molecule has 152 valence electrons. The van der Waals surface area contributed by atoms with Gasteiger partial charge in [0, 0.05) is 0 Å². The Kier molecular flexibility index (Phi) is 6.23. The molecule has 2 aromatic rings. The van der Waals surface area contributed by atoms with E-state index in [4.69, 9.17) is 32.7 Å². The van der Waals surface area contributed by atoms with Crippen molar-refractivity contribution in [3.8, 4) is 11.5 Å². The molecular weight excluding hydrogens is 454 g/mol. The number of halogens is 1. The number of carbonyl (C=O) groups excluding carboxylic acids is 1. The predicted octanol–water partition coefficient (Wildman–Crippen LogP) is 4.40. The largest absolute Gasteiger partial charge is 0.493 e. The van der Waals surface area contributed by atoms with E-state index in [-0.39, 0.29) is 22.4 Å². The van der Waals surface area contributed by atoms with E-state index in [2.05, 4.69) is 0 Å². The highest BCUT2D eigenvalue weighted by molar-refractivity contribution is 8.27. The molecule has 0 spiro atoms. The van der Waals surface area contributed by atoms with E-state index >= 15 is 0 Å². The van der Waals surface area contributed by atoms with Crippen molar-refractivity contribution in [3.05, 3.63) is 57.5 Å². The van der Waals surface area contributed by atoms with E-state index in [0.29, 0.717) is 20.5 Å². The summed E-state index contributed by atoms with van der Waals surface area (Å²) in [5.41, 5.74) is 2.30. The van der Waals surface area contributed by atoms with Crippen LogP contribution in [0.1, 0.15) is 11.1 Å². The van der Waals surface area contributed by atoms with Crippen LogP contribution >= 0.6 is 35.6 Å². The fraction of sp³-hybridized carbons (Fsp3) is 0.158. The van der Waals surface area contributed by atoms with E-state index in [1.807, 2.05) is 31.2 Å². The molecule has 0 aliphatic carbocycles. The molecule has 0 bridgehead atoms. The molecule has 1 fully saturated rings. The van der Waals surface area contributed by atoms with Crippen molar-refractivity contribution < 1.29 is 22.1 Å². The first-order chi connectivity index (χ1) is 13.6. The van der Waals surface area contributed by atoms with Crippen LogP contribution < -0.4 is 13.8 Å². The highest BCUT2D eigenvalue weighted by Crippen LogP contribution is 2.40. The van der Waals surface area contributed by atoms with Gasteiger partial charge in [0.1, 0.15) is 0 Å². The summed E-state index contributed by atoms with van der Waals surface area (Å²) in [6.45, 7) is 1.96. The number of thioether (sulfide) groups is 1. The van der Waals surface area contributed by atoms with Gasteiger partial charge in [0.2, 0.25) is 5.75 Å². The van der Waals surface area contributed by atoms with Gasteiger partial charge in [-0.1, -0.05) is 53.3 Å². The lowest BCUT2D eigenvalue weighted by Crippen LogP contribution is -2.27. The predicted molar refractivity (Wildman–Crippen MR) is 120 cm³/mol. The molecule has 0 N–H and O–H groups in total.